The fraction of sp³-hybridized carbons (Fsp3) is 0.800. The van der Waals surface area contributed by atoms with Gasteiger partial charge in [0, 0.05) is 11.8 Å². The van der Waals surface area contributed by atoms with Crippen molar-refractivity contribution in [1.29, 1.82) is 0 Å². The molecule has 0 spiro atoms. The van der Waals surface area contributed by atoms with Crippen LogP contribution in [0.25, 0.3) is 0 Å². The fourth-order valence-corrected chi connectivity index (χ4v) is 1.94. The molecule has 5 nitrogen and oxygen atoms in total. The van der Waals surface area contributed by atoms with Gasteiger partial charge in [0.05, 0.1) is 12.0 Å². The molecular formula is C10H16NNaO4S. The van der Waals surface area contributed by atoms with Crippen LogP contribution in [0.5, 0.6) is 0 Å². The zero-order chi connectivity index (χ0) is 12.5. The Balaban J connectivity index is 0.00000256. The zero-order valence-electron chi connectivity index (χ0n) is 10.6. The van der Waals surface area contributed by atoms with Crippen molar-refractivity contribution in [2.24, 2.45) is 0 Å². The molecular weight excluding hydrogens is 253 g/mol. The van der Waals surface area contributed by atoms with Crippen LogP contribution in [0.3, 0.4) is 0 Å². The number of amides is 1. The molecule has 0 aromatic carbocycles. The van der Waals surface area contributed by atoms with Crippen LogP contribution in [0.4, 0.5) is 4.79 Å². The number of carboxylic acids is 1. The third-order valence-electron chi connectivity index (χ3n) is 2.18. The van der Waals surface area contributed by atoms with Gasteiger partial charge in [-0.1, -0.05) is 0 Å². The number of rotatable bonds is 1. The number of carboxylic acid groups (broad SMARTS) is 1. The van der Waals surface area contributed by atoms with Gasteiger partial charge in [-0.2, -0.15) is 12.6 Å². The number of aliphatic carboxylic acids is 1. The van der Waals surface area contributed by atoms with Crippen molar-refractivity contribution in [2.45, 2.75) is 44.1 Å². The van der Waals surface area contributed by atoms with Crippen molar-refractivity contribution in [3.8, 4) is 0 Å². The largest absolute Gasteiger partial charge is 1.00 e. The summed E-state index contributed by atoms with van der Waals surface area (Å²) in [6.07, 6.45) is -0.330. The van der Waals surface area contributed by atoms with E-state index >= 15 is 0 Å². The Morgan fingerprint density at radius 1 is 1.41 bits per heavy atom. The minimum atomic E-state index is -1.26. The van der Waals surface area contributed by atoms with Crippen LogP contribution in [0.15, 0.2) is 0 Å². The summed E-state index contributed by atoms with van der Waals surface area (Å²) in [7, 11) is 0. The van der Waals surface area contributed by atoms with E-state index in [4.69, 9.17) is 4.74 Å². The van der Waals surface area contributed by atoms with E-state index in [0.29, 0.717) is 6.42 Å². The predicted molar refractivity (Wildman–Crippen MR) is 59.1 cm³/mol. The van der Waals surface area contributed by atoms with Crippen molar-refractivity contribution < 1.29 is 49.0 Å². The van der Waals surface area contributed by atoms with Gasteiger partial charge < -0.3 is 14.6 Å². The SMILES string of the molecule is CC(C)(C)OC(=O)N1C[C@H](S)C[C@H]1C(=O)[O-].[Na+]. The normalized spacial score (nSPS) is 24.1. The third-order valence-corrected chi connectivity index (χ3v) is 2.55. The van der Waals surface area contributed by atoms with Crippen LogP contribution in [0.2, 0.25) is 0 Å². The van der Waals surface area contributed by atoms with Crippen molar-refractivity contribution in [3.05, 3.63) is 0 Å². The Labute approximate surface area is 129 Å². The molecule has 17 heavy (non-hydrogen) atoms. The first-order chi connectivity index (χ1) is 7.20. The maximum atomic E-state index is 11.7. The molecule has 1 aliphatic rings. The third kappa shape index (κ3) is 5.07. The van der Waals surface area contributed by atoms with Gasteiger partial charge in [-0.15, -0.1) is 0 Å². The number of carbonyl (C=O) groups excluding carboxylic acids is 2. The predicted octanol–water partition coefficient (Wildman–Crippen LogP) is -2.95. The maximum Gasteiger partial charge on any atom is 1.00 e. The van der Waals surface area contributed by atoms with Gasteiger partial charge in [0.15, 0.2) is 0 Å². The van der Waals surface area contributed by atoms with E-state index in [0.717, 1.165) is 4.90 Å². The van der Waals surface area contributed by atoms with Crippen LogP contribution < -0.4 is 34.7 Å². The van der Waals surface area contributed by atoms with E-state index in [1.165, 1.54) is 0 Å². The van der Waals surface area contributed by atoms with Gasteiger partial charge in [-0.3, -0.25) is 4.90 Å². The minimum Gasteiger partial charge on any atom is -0.548 e. The standard InChI is InChI=1S/C10H17NO4S.Na/c1-10(2,3)15-9(14)11-5-6(16)4-7(11)8(12)13;/h6-7,16H,4-5H2,1-3H3,(H,12,13);/q;+1/p-1/t6-,7+;/m1./s1. The molecule has 0 aliphatic carbocycles. The number of thiol groups is 1. The summed E-state index contributed by atoms with van der Waals surface area (Å²) in [6, 6.07) is -0.933. The number of likely N-dealkylation sites (tertiary alicyclic amines) is 1. The summed E-state index contributed by atoms with van der Waals surface area (Å²) in [5.74, 6) is -1.26. The second-order valence-corrected chi connectivity index (χ2v) is 5.59. The van der Waals surface area contributed by atoms with Gasteiger partial charge >= 0.3 is 35.7 Å². The second kappa shape index (κ2) is 6.31. The summed E-state index contributed by atoms with van der Waals surface area (Å²) < 4.78 is 5.11. The van der Waals surface area contributed by atoms with Crippen LogP contribution in [-0.2, 0) is 9.53 Å². The van der Waals surface area contributed by atoms with Gasteiger partial charge in [0.1, 0.15) is 5.60 Å². The van der Waals surface area contributed by atoms with Crippen molar-refractivity contribution in [1.82, 2.24) is 4.90 Å². The molecule has 0 aromatic rings. The topological polar surface area (TPSA) is 69.7 Å². The first-order valence-electron chi connectivity index (χ1n) is 5.09. The summed E-state index contributed by atoms with van der Waals surface area (Å²) in [6.45, 7) is 5.46. The van der Waals surface area contributed by atoms with Crippen molar-refractivity contribution in [2.75, 3.05) is 6.54 Å². The van der Waals surface area contributed by atoms with Crippen LogP contribution in [0.1, 0.15) is 27.2 Å². The van der Waals surface area contributed by atoms with E-state index in [9.17, 15) is 14.7 Å². The molecule has 1 heterocycles. The molecule has 0 aromatic heterocycles. The van der Waals surface area contributed by atoms with Crippen LogP contribution in [-0.4, -0.2) is 40.4 Å². The molecule has 0 radical (unpaired) electrons. The van der Waals surface area contributed by atoms with Crippen LogP contribution >= 0.6 is 12.6 Å². The monoisotopic (exact) mass is 269 g/mol. The van der Waals surface area contributed by atoms with Crippen molar-refractivity contribution >= 4 is 24.7 Å². The molecule has 1 rings (SSSR count). The smallest absolute Gasteiger partial charge is 0.548 e. The number of nitrogens with zero attached hydrogens (tertiary/aromatic N) is 1. The number of hydrogen-bond acceptors (Lipinski definition) is 5. The van der Waals surface area contributed by atoms with E-state index < -0.39 is 23.7 Å². The molecule has 1 aliphatic heterocycles. The minimum absolute atomic E-state index is 0. The molecule has 1 amide bonds. The second-order valence-electron chi connectivity index (χ2n) is 4.86. The molecule has 0 N–H and O–H groups in total. The molecule has 0 bridgehead atoms. The summed E-state index contributed by atoms with van der Waals surface area (Å²) in [4.78, 5) is 23.7. The zero-order valence-corrected chi connectivity index (χ0v) is 13.5. The number of ether oxygens (including phenoxy) is 1. The van der Waals surface area contributed by atoms with Crippen molar-refractivity contribution in [3.63, 3.8) is 0 Å². The number of hydrogen-bond donors (Lipinski definition) is 1. The first-order valence-corrected chi connectivity index (χ1v) is 5.61. The molecule has 1 saturated heterocycles. The van der Waals surface area contributed by atoms with Gasteiger partial charge in [-0.05, 0) is 27.2 Å². The van der Waals surface area contributed by atoms with E-state index in [1.54, 1.807) is 20.8 Å². The van der Waals surface area contributed by atoms with Gasteiger partial charge in [0.2, 0.25) is 0 Å². The Bertz CT molecular complexity index is 305. The van der Waals surface area contributed by atoms with E-state index in [1.807, 2.05) is 0 Å². The van der Waals surface area contributed by atoms with E-state index in [-0.39, 0.29) is 41.4 Å². The Morgan fingerprint density at radius 2 is 1.94 bits per heavy atom. The fourth-order valence-electron chi connectivity index (χ4n) is 1.56. The Kier molecular flexibility index (Phi) is 6.35. The Hall–Kier alpha value is 0.0900. The molecule has 0 unspecified atom stereocenters. The molecule has 0 saturated carbocycles. The Morgan fingerprint density at radius 3 is 2.35 bits per heavy atom. The molecule has 2 atom stereocenters. The molecule has 92 valence electrons. The molecule has 7 heteroatoms. The van der Waals surface area contributed by atoms with Gasteiger partial charge in [0.25, 0.3) is 0 Å². The van der Waals surface area contributed by atoms with E-state index in [2.05, 4.69) is 12.6 Å². The summed E-state index contributed by atoms with van der Waals surface area (Å²) in [5.41, 5.74) is -0.637. The summed E-state index contributed by atoms with van der Waals surface area (Å²) >= 11 is 4.17. The molecule has 1 fully saturated rings. The maximum absolute atomic E-state index is 11.7. The average Bonchev–Trinajstić information content (AvgIpc) is 2.44. The summed E-state index contributed by atoms with van der Waals surface area (Å²) in [5, 5.41) is 10.7. The first kappa shape index (κ1) is 17.1. The van der Waals surface area contributed by atoms with Gasteiger partial charge in [-0.25, -0.2) is 4.79 Å². The average molecular weight is 269 g/mol. The van der Waals surface area contributed by atoms with Crippen LogP contribution in [0, 0.1) is 0 Å². The quantitative estimate of drug-likeness (QED) is 0.408. The number of carbonyl (C=O) groups is 2.